The van der Waals surface area contributed by atoms with Gasteiger partial charge in [-0.1, -0.05) is 13.8 Å². The van der Waals surface area contributed by atoms with Crippen LogP contribution in [0.15, 0.2) is 18.3 Å². The topological polar surface area (TPSA) is 36.4 Å². The van der Waals surface area contributed by atoms with Crippen molar-refractivity contribution in [1.29, 1.82) is 0 Å². The molecule has 0 amide bonds. The molecule has 1 saturated carbocycles. The molecule has 18 heavy (non-hydrogen) atoms. The fourth-order valence-corrected chi connectivity index (χ4v) is 2.12. The van der Waals surface area contributed by atoms with Crippen LogP contribution in [0, 0.1) is 5.92 Å². The summed E-state index contributed by atoms with van der Waals surface area (Å²) in [5.74, 6) is 1.74. The molecule has 1 aliphatic carbocycles. The number of nitrogens with zero attached hydrogens (tertiary/aromatic N) is 2. The highest BCUT2D eigenvalue weighted by molar-refractivity contribution is 5.44. The minimum absolute atomic E-state index is 0.419. The van der Waals surface area contributed by atoms with Gasteiger partial charge in [-0.2, -0.15) is 0 Å². The molecular weight excluding hydrogens is 224 g/mol. The van der Waals surface area contributed by atoms with E-state index in [0.717, 1.165) is 17.9 Å². The van der Waals surface area contributed by atoms with Crippen molar-refractivity contribution >= 4 is 5.82 Å². The molecule has 0 saturated heterocycles. The number of hydrogen-bond acceptors (Lipinski definition) is 3. The average Bonchev–Trinajstić information content (AvgIpc) is 3.14. The Morgan fingerprint density at radius 3 is 2.67 bits per heavy atom. The predicted molar refractivity (Wildman–Crippen MR) is 74.7 cm³/mol. The summed E-state index contributed by atoms with van der Waals surface area (Å²) in [4.78, 5) is 6.88. The van der Waals surface area contributed by atoms with Crippen LogP contribution in [-0.2, 0) is 0 Å². The van der Waals surface area contributed by atoms with Crippen LogP contribution in [-0.4, -0.2) is 22.7 Å². The third-order valence-corrected chi connectivity index (χ3v) is 3.48. The third kappa shape index (κ3) is 3.45. The maximum atomic E-state index is 9.66. The van der Waals surface area contributed by atoms with Crippen molar-refractivity contribution in [1.82, 2.24) is 4.98 Å². The van der Waals surface area contributed by atoms with Gasteiger partial charge < -0.3 is 10.0 Å². The lowest BCUT2D eigenvalue weighted by molar-refractivity contribution is 0.199. The first-order valence-corrected chi connectivity index (χ1v) is 6.98. The Bertz CT molecular complexity index is 386. The highest BCUT2D eigenvalue weighted by Crippen LogP contribution is 2.32. The van der Waals surface area contributed by atoms with Crippen molar-refractivity contribution in [2.45, 2.75) is 52.2 Å². The Morgan fingerprint density at radius 2 is 2.11 bits per heavy atom. The second-order valence-electron chi connectivity index (χ2n) is 5.73. The number of aliphatic hydroxyl groups is 1. The van der Waals surface area contributed by atoms with Gasteiger partial charge in [-0.3, -0.25) is 0 Å². The molecule has 1 aromatic heterocycles. The molecule has 1 heterocycles. The first-order valence-electron chi connectivity index (χ1n) is 6.98. The summed E-state index contributed by atoms with van der Waals surface area (Å²) in [5.41, 5.74) is 0.954. The first kappa shape index (κ1) is 13.3. The quantitative estimate of drug-likeness (QED) is 0.840. The molecule has 1 fully saturated rings. The standard InChI is InChI=1S/C15H24N2O/c1-11(2)7-9-17(14-4-5-14)15-10-13(12(3)18)6-8-16-15/h6,8,10-12,14,18H,4-5,7,9H2,1-3H3/t12-/m0/s1. The van der Waals surface area contributed by atoms with Gasteiger partial charge in [0.1, 0.15) is 5.82 Å². The minimum Gasteiger partial charge on any atom is -0.389 e. The summed E-state index contributed by atoms with van der Waals surface area (Å²) in [5, 5.41) is 9.66. The number of pyridine rings is 1. The Balaban J connectivity index is 2.12. The van der Waals surface area contributed by atoms with Crippen LogP contribution in [0.25, 0.3) is 0 Å². The van der Waals surface area contributed by atoms with Crippen LogP contribution in [0.4, 0.5) is 5.82 Å². The van der Waals surface area contributed by atoms with Gasteiger partial charge in [0.15, 0.2) is 0 Å². The molecule has 1 aliphatic rings. The smallest absolute Gasteiger partial charge is 0.129 e. The zero-order chi connectivity index (χ0) is 13.1. The van der Waals surface area contributed by atoms with Gasteiger partial charge in [0, 0.05) is 18.8 Å². The second-order valence-corrected chi connectivity index (χ2v) is 5.73. The van der Waals surface area contributed by atoms with E-state index in [1.165, 1.54) is 19.3 Å². The number of rotatable bonds is 6. The van der Waals surface area contributed by atoms with E-state index < -0.39 is 6.10 Å². The van der Waals surface area contributed by atoms with E-state index >= 15 is 0 Å². The Labute approximate surface area is 110 Å². The van der Waals surface area contributed by atoms with Crippen LogP contribution in [0.5, 0.6) is 0 Å². The molecule has 1 N–H and O–H groups in total. The molecular formula is C15H24N2O. The Morgan fingerprint density at radius 1 is 1.39 bits per heavy atom. The number of anilines is 1. The molecule has 3 heteroatoms. The van der Waals surface area contributed by atoms with Crippen LogP contribution in [0.1, 0.15) is 51.7 Å². The number of aromatic nitrogens is 1. The fraction of sp³-hybridized carbons (Fsp3) is 0.667. The minimum atomic E-state index is -0.419. The average molecular weight is 248 g/mol. The van der Waals surface area contributed by atoms with Crippen molar-refractivity contribution in [3.05, 3.63) is 23.9 Å². The van der Waals surface area contributed by atoms with Gasteiger partial charge in [0.25, 0.3) is 0 Å². The first-order chi connectivity index (χ1) is 8.58. The van der Waals surface area contributed by atoms with E-state index in [4.69, 9.17) is 0 Å². The summed E-state index contributed by atoms with van der Waals surface area (Å²) in [6.07, 6.45) is 5.13. The Kier molecular flexibility index (Phi) is 4.23. The molecule has 1 aromatic rings. The lowest BCUT2D eigenvalue weighted by Crippen LogP contribution is -2.28. The molecule has 0 aromatic carbocycles. The molecule has 0 bridgehead atoms. The van der Waals surface area contributed by atoms with Gasteiger partial charge in [0.2, 0.25) is 0 Å². The SMILES string of the molecule is CC(C)CCN(c1cc([C@H](C)O)ccn1)C1CC1. The normalized spacial score (nSPS) is 16.9. The maximum Gasteiger partial charge on any atom is 0.129 e. The molecule has 0 unspecified atom stereocenters. The summed E-state index contributed by atoms with van der Waals surface area (Å²) in [7, 11) is 0. The molecule has 100 valence electrons. The summed E-state index contributed by atoms with van der Waals surface area (Å²) >= 11 is 0. The molecule has 0 aliphatic heterocycles. The highest BCUT2D eigenvalue weighted by atomic mass is 16.3. The molecule has 1 atom stereocenters. The Hall–Kier alpha value is -1.09. The van der Waals surface area contributed by atoms with Crippen LogP contribution >= 0.6 is 0 Å². The van der Waals surface area contributed by atoms with Crippen LogP contribution in [0.3, 0.4) is 0 Å². The van der Waals surface area contributed by atoms with Gasteiger partial charge in [-0.05, 0) is 49.8 Å². The van der Waals surface area contributed by atoms with Crippen LogP contribution < -0.4 is 4.90 Å². The van der Waals surface area contributed by atoms with Crippen molar-refractivity contribution in [2.75, 3.05) is 11.4 Å². The van der Waals surface area contributed by atoms with Gasteiger partial charge in [0.05, 0.1) is 6.10 Å². The van der Waals surface area contributed by atoms with Crippen molar-refractivity contribution in [3.63, 3.8) is 0 Å². The monoisotopic (exact) mass is 248 g/mol. The zero-order valence-electron chi connectivity index (χ0n) is 11.6. The van der Waals surface area contributed by atoms with E-state index in [1.54, 1.807) is 6.92 Å². The fourth-order valence-electron chi connectivity index (χ4n) is 2.12. The van der Waals surface area contributed by atoms with E-state index in [2.05, 4.69) is 23.7 Å². The lowest BCUT2D eigenvalue weighted by atomic mass is 10.1. The molecule has 2 rings (SSSR count). The van der Waals surface area contributed by atoms with Crippen LogP contribution in [0.2, 0.25) is 0 Å². The summed E-state index contributed by atoms with van der Waals surface area (Å²) in [6, 6.07) is 4.59. The van der Waals surface area contributed by atoms with Crippen molar-refractivity contribution < 1.29 is 5.11 Å². The molecule has 3 nitrogen and oxygen atoms in total. The maximum absolute atomic E-state index is 9.66. The van der Waals surface area contributed by atoms with Gasteiger partial charge >= 0.3 is 0 Å². The predicted octanol–water partition coefficient (Wildman–Crippen LogP) is 3.15. The zero-order valence-corrected chi connectivity index (χ0v) is 11.6. The van der Waals surface area contributed by atoms with Gasteiger partial charge in [-0.15, -0.1) is 0 Å². The summed E-state index contributed by atoms with van der Waals surface area (Å²) in [6.45, 7) is 7.38. The molecule has 0 radical (unpaired) electrons. The van der Waals surface area contributed by atoms with E-state index in [-0.39, 0.29) is 0 Å². The number of hydrogen-bond donors (Lipinski definition) is 1. The van der Waals surface area contributed by atoms with Crippen molar-refractivity contribution in [3.8, 4) is 0 Å². The van der Waals surface area contributed by atoms with E-state index in [0.29, 0.717) is 12.0 Å². The summed E-state index contributed by atoms with van der Waals surface area (Å²) < 4.78 is 0. The molecule has 0 spiro atoms. The largest absolute Gasteiger partial charge is 0.389 e. The second kappa shape index (κ2) is 5.70. The lowest BCUT2D eigenvalue weighted by Gasteiger charge is -2.25. The number of aliphatic hydroxyl groups excluding tert-OH is 1. The van der Waals surface area contributed by atoms with E-state index in [1.807, 2.05) is 18.3 Å². The van der Waals surface area contributed by atoms with E-state index in [9.17, 15) is 5.11 Å². The third-order valence-electron chi connectivity index (χ3n) is 3.48. The van der Waals surface area contributed by atoms with Gasteiger partial charge in [-0.25, -0.2) is 4.98 Å². The van der Waals surface area contributed by atoms with Crippen molar-refractivity contribution in [2.24, 2.45) is 5.92 Å². The highest BCUT2D eigenvalue weighted by Gasteiger charge is 2.29.